The molecule has 1 fully saturated rings. The van der Waals surface area contributed by atoms with Gasteiger partial charge in [-0.1, -0.05) is 12.5 Å². The van der Waals surface area contributed by atoms with E-state index >= 15 is 0 Å². The van der Waals surface area contributed by atoms with Crippen LogP contribution < -0.4 is 16.0 Å². The van der Waals surface area contributed by atoms with Gasteiger partial charge in [-0.05, 0) is 44.1 Å². The summed E-state index contributed by atoms with van der Waals surface area (Å²) in [6, 6.07) is 7.26. The van der Waals surface area contributed by atoms with E-state index in [-0.39, 0.29) is 11.8 Å². The lowest BCUT2D eigenvalue weighted by Gasteiger charge is -2.25. The number of hydrogen-bond acceptors (Lipinski definition) is 5. The van der Waals surface area contributed by atoms with Crippen LogP contribution in [0.5, 0.6) is 0 Å². The lowest BCUT2D eigenvalue weighted by Crippen LogP contribution is -2.32. The quantitative estimate of drug-likeness (QED) is 0.460. The van der Waals surface area contributed by atoms with Crippen LogP contribution in [-0.4, -0.2) is 52.9 Å². The van der Waals surface area contributed by atoms with Crippen LogP contribution in [0.3, 0.4) is 0 Å². The van der Waals surface area contributed by atoms with E-state index in [1.54, 1.807) is 18.5 Å². The fourth-order valence-electron chi connectivity index (χ4n) is 3.37. The van der Waals surface area contributed by atoms with Crippen LogP contribution in [0.4, 0.5) is 11.4 Å². The molecular weight excluding hydrogens is 368 g/mol. The van der Waals surface area contributed by atoms with Gasteiger partial charge in [-0.2, -0.15) is 0 Å². The molecular formula is C21H30N6O2. The summed E-state index contributed by atoms with van der Waals surface area (Å²) in [5.74, 6) is 0.765. The van der Waals surface area contributed by atoms with Gasteiger partial charge in [0.15, 0.2) is 0 Å². The Kier molecular flexibility index (Phi) is 8.21. The first-order valence-corrected chi connectivity index (χ1v) is 10.3. The monoisotopic (exact) mass is 398 g/mol. The molecule has 2 amide bonds. The van der Waals surface area contributed by atoms with Crippen LogP contribution in [-0.2, 0) is 16.1 Å². The van der Waals surface area contributed by atoms with Crippen LogP contribution in [0.25, 0.3) is 0 Å². The minimum absolute atomic E-state index is 0.00109. The fraction of sp³-hybridized carbons (Fsp3) is 0.476. The molecule has 2 aromatic rings. The van der Waals surface area contributed by atoms with Gasteiger partial charge in [-0.3, -0.25) is 9.59 Å². The van der Waals surface area contributed by atoms with Crippen LogP contribution >= 0.6 is 0 Å². The van der Waals surface area contributed by atoms with E-state index in [1.807, 2.05) is 18.2 Å². The van der Waals surface area contributed by atoms with Gasteiger partial charge in [0.25, 0.3) is 0 Å². The maximum atomic E-state index is 12.2. The van der Waals surface area contributed by atoms with Gasteiger partial charge in [0.2, 0.25) is 11.8 Å². The standard InChI is InChI=1S/C21H30N6O2/c28-20(7-9-22-16-19-23-10-11-24-19)25-17-5-4-6-18(15-17)26-21(29)8-14-27-12-2-1-3-13-27/h4-6,10-11,15,22H,1-3,7-9,12-14,16H2,(H,23,24)(H,25,28)(H,26,29). The maximum absolute atomic E-state index is 12.2. The minimum atomic E-state index is -0.0782. The second kappa shape index (κ2) is 11.3. The molecule has 1 aromatic heterocycles. The SMILES string of the molecule is O=C(CCNCc1ncc[nH]1)Nc1cccc(NC(=O)CCN2CCCCC2)c1. The summed E-state index contributed by atoms with van der Waals surface area (Å²) in [6.07, 6.45) is 8.04. The molecule has 0 radical (unpaired) electrons. The maximum Gasteiger partial charge on any atom is 0.225 e. The van der Waals surface area contributed by atoms with Gasteiger partial charge in [-0.25, -0.2) is 4.98 Å². The van der Waals surface area contributed by atoms with E-state index in [4.69, 9.17) is 0 Å². The molecule has 1 aliphatic heterocycles. The molecule has 1 aromatic carbocycles. The summed E-state index contributed by atoms with van der Waals surface area (Å²) in [7, 11) is 0. The molecule has 29 heavy (non-hydrogen) atoms. The molecule has 0 spiro atoms. The number of benzene rings is 1. The number of aromatic nitrogens is 2. The van der Waals surface area contributed by atoms with Crippen molar-refractivity contribution in [1.82, 2.24) is 20.2 Å². The Morgan fingerprint density at radius 2 is 1.76 bits per heavy atom. The molecule has 0 atom stereocenters. The number of piperidine rings is 1. The fourth-order valence-corrected chi connectivity index (χ4v) is 3.37. The summed E-state index contributed by atoms with van der Waals surface area (Å²) in [5.41, 5.74) is 1.37. The molecule has 1 aliphatic rings. The van der Waals surface area contributed by atoms with Gasteiger partial charge in [-0.15, -0.1) is 0 Å². The Labute approximate surface area is 171 Å². The highest BCUT2D eigenvalue weighted by Gasteiger charge is 2.12. The third kappa shape index (κ3) is 7.67. The number of aromatic amines is 1. The Balaban J connectivity index is 1.36. The molecule has 0 aliphatic carbocycles. The van der Waals surface area contributed by atoms with E-state index in [0.717, 1.165) is 25.5 Å². The third-order valence-corrected chi connectivity index (χ3v) is 4.91. The number of amides is 2. The Morgan fingerprint density at radius 1 is 1.03 bits per heavy atom. The van der Waals surface area contributed by atoms with Crippen molar-refractivity contribution in [3.8, 4) is 0 Å². The normalized spacial score (nSPS) is 14.5. The molecule has 8 heteroatoms. The average Bonchev–Trinajstić information content (AvgIpc) is 3.24. The Hall–Kier alpha value is -2.71. The topological polar surface area (TPSA) is 102 Å². The van der Waals surface area contributed by atoms with Gasteiger partial charge in [0.1, 0.15) is 5.82 Å². The lowest BCUT2D eigenvalue weighted by atomic mass is 10.1. The van der Waals surface area contributed by atoms with Gasteiger partial charge in [0.05, 0.1) is 6.54 Å². The number of anilines is 2. The zero-order valence-electron chi connectivity index (χ0n) is 16.7. The van der Waals surface area contributed by atoms with E-state index in [1.165, 1.54) is 19.3 Å². The minimum Gasteiger partial charge on any atom is -0.348 e. The summed E-state index contributed by atoms with van der Waals surface area (Å²) in [6.45, 7) is 4.13. The number of likely N-dealkylation sites (tertiary alicyclic amines) is 1. The van der Waals surface area contributed by atoms with E-state index in [9.17, 15) is 9.59 Å². The summed E-state index contributed by atoms with van der Waals surface area (Å²) < 4.78 is 0. The first-order valence-electron chi connectivity index (χ1n) is 10.3. The summed E-state index contributed by atoms with van der Waals surface area (Å²) >= 11 is 0. The zero-order chi connectivity index (χ0) is 20.3. The molecule has 1 saturated heterocycles. The number of hydrogen-bond donors (Lipinski definition) is 4. The van der Waals surface area contributed by atoms with Crippen LogP contribution in [0.1, 0.15) is 37.9 Å². The van der Waals surface area contributed by atoms with Crippen molar-refractivity contribution in [2.75, 3.05) is 36.8 Å². The predicted molar refractivity (Wildman–Crippen MR) is 114 cm³/mol. The molecule has 0 unspecified atom stereocenters. The lowest BCUT2D eigenvalue weighted by molar-refractivity contribution is -0.117. The summed E-state index contributed by atoms with van der Waals surface area (Å²) in [5, 5.41) is 8.96. The van der Waals surface area contributed by atoms with E-state index in [2.05, 4.69) is 30.8 Å². The predicted octanol–water partition coefficient (Wildman–Crippen LogP) is 2.34. The number of H-pyrrole nitrogens is 1. The zero-order valence-corrected chi connectivity index (χ0v) is 16.7. The molecule has 0 bridgehead atoms. The van der Waals surface area contributed by atoms with Crippen molar-refractivity contribution >= 4 is 23.2 Å². The van der Waals surface area contributed by atoms with Crippen molar-refractivity contribution in [3.63, 3.8) is 0 Å². The van der Waals surface area contributed by atoms with Crippen molar-refractivity contribution in [2.45, 2.75) is 38.6 Å². The first kappa shape index (κ1) is 21.0. The number of rotatable bonds is 10. The number of nitrogens with zero attached hydrogens (tertiary/aromatic N) is 2. The van der Waals surface area contributed by atoms with Crippen molar-refractivity contribution < 1.29 is 9.59 Å². The smallest absolute Gasteiger partial charge is 0.225 e. The van der Waals surface area contributed by atoms with E-state index in [0.29, 0.717) is 37.3 Å². The molecule has 8 nitrogen and oxygen atoms in total. The number of nitrogens with one attached hydrogen (secondary N) is 4. The molecule has 2 heterocycles. The second-order valence-electron chi connectivity index (χ2n) is 7.29. The second-order valence-corrected chi connectivity index (χ2v) is 7.29. The van der Waals surface area contributed by atoms with Crippen molar-refractivity contribution in [3.05, 3.63) is 42.5 Å². The van der Waals surface area contributed by atoms with Crippen molar-refractivity contribution in [1.29, 1.82) is 0 Å². The number of carbonyl (C=O) groups is 2. The Morgan fingerprint density at radius 3 is 2.45 bits per heavy atom. The molecule has 4 N–H and O–H groups in total. The highest BCUT2D eigenvalue weighted by Crippen LogP contribution is 2.16. The van der Waals surface area contributed by atoms with Crippen LogP contribution in [0.2, 0.25) is 0 Å². The van der Waals surface area contributed by atoms with Crippen LogP contribution in [0.15, 0.2) is 36.7 Å². The molecule has 0 saturated carbocycles. The van der Waals surface area contributed by atoms with Gasteiger partial charge >= 0.3 is 0 Å². The van der Waals surface area contributed by atoms with Gasteiger partial charge in [0, 0.05) is 49.7 Å². The van der Waals surface area contributed by atoms with E-state index < -0.39 is 0 Å². The largest absolute Gasteiger partial charge is 0.348 e. The van der Waals surface area contributed by atoms with Crippen LogP contribution in [0, 0.1) is 0 Å². The third-order valence-electron chi connectivity index (χ3n) is 4.91. The van der Waals surface area contributed by atoms with Crippen molar-refractivity contribution in [2.24, 2.45) is 0 Å². The Bertz CT molecular complexity index is 771. The highest BCUT2D eigenvalue weighted by molar-refractivity contribution is 5.94. The molecule has 3 rings (SSSR count). The summed E-state index contributed by atoms with van der Waals surface area (Å²) in [4.78, 5) is 33.8. The number of carbonyl (C=O) groups excluding carboxylic acids is 2. The molecule has 156 valence electrons. The number of imidazole rings is 1. The average molecular weight is 399 g/mol. The first-order chi connectivity index (χ1) is 14.2. The van der Waals surface area contributed by atoms with Gasteiger partial charge < -0.3 is 25.8 Å². The highest BCUT2D eigenvalue weighted by atomic mass is 16.2.